The lowest BCUT2D eigenvalue weighted by molar-refractivity contribution is 0.337. The van der Waals surface area contributed by atoms with E-state index in [0.717, 1.165) is 0 Å². The smallest absolute Gasteiger partial charge is 0.167 e. The molecule has 0 aliphatic heterocycles. The molecule has 4 heteroatoms. The standard InChI is InChI=1S/C15H14ClFO2/c1-2-18-12-6-4-7-13(9-12)19-15-11(10-16)5-3-8-14(15)17/h3-9H,2,10H2,1H3. The Balaban J connectivity index is 2.28. The molecule has 0 radical (unpaired) electrons. The zero-order chi connectivity index (χ0) is 13.7. The van der Waals surface area contributed by atoms with Gasteiger partial charge in [-0.15, -0.1) is 11.6 Å². The molecule has 0 saturated heterocycles. The average Bonchev–Trinajstić information content (AvgIpc) is 2.42. The zero-order valence-electron chi connectivity index (χ0n) is 10.5. The molecule has 2 aromatic rings. The highest BCUT2D eigenvalue weighted by molar-refractivity contribution is 6.17. The van der Waals surface area contributed by atoms with Crippen molar-refractivity contribution in [1.29, 1.82) is 0 Å². The third kappa shape index (κ3) is 3.38. The Morgan fingerprint density at radius 2 is 1.84 bits per heavy atom. The summed E-state index contributed by atoms with van der Waals surface area (Å²) in [6, 6.07) is 11.8. The number of ether oxygens (including phenoxy) is 2. The van der Waals surface area contributed by atoms with Gasteiger partial charge in [-0.3, -0.25) is 0 Å². The van der Waals surface area contributed by atoms with Gasteiger partial charge in [0.15, 0.2) is 11.6 Å². The Kier molecular flexibility index (Phi) is 4.63. The van der Waals surface area contributed by atoms with Crippen LogP contribution in [0.3, 0.4) is 0 Å². The molecule has 19 heavy (non-hydrogen) atoms. The van der Waals surface area contributed by atoms with Gasteiger partial charge in [-0.2, -0.15) is 0 Å². The third-order valence-electron chi connectivity index (χ3n) is 2.53. The molecular formula is C15H14ClFO2. The lowest BCUT2D eigenvalue weighted by Gasteiger charge is -2.11. The zero-order valence-corrected chi connectivity index (χ0v) is 11.3. The monoisotopic (exact) mass is 280 g/mol. The molecule has 0 atom stereocenters. The summed E-state index contributed by atoms with van der Waals surface area (Å²) in [6.45, 7) is 2.46. The van der Waals surface area contributed by atoms with Gasteiger partial charge in [0.1, 0.15) is 11.5 Å². The summed E-state index contributed by atoms with van der Waals surface area (Å²) in [5.74, 6) is 1.12. The van der Waals surface area contributed by atoms with Crippen molar-refractivity contribution in [2.45, 2.75) is 12.8 Å². The minimum atomic E-state index is -0.431. The Morgan fingerprint density at radius 1 is 1.11 bits per heavy atom. The summed E-state index contributed by atoms with van der Waals surface area (Å²) in [4.78, 5) is 0. The number of rotatable bonds is 5. The van der Waals surface area contributed by atoms with Crippen LogP contribution in [0.2, 0.25) is 0 Å². The van der Waals surface area contributed by atoms with E-state index in [9.17, 15) is 4.39 Å². The largest absolute Gasteiger partial charge is 0.494 e. The van der Waals surface area contributed by atoms with E-state index in [1.165, 1.54) is 6.07 Å². The lowest BCUT2D eigenvalue weighted by atomic mass is 10.2. The van der Waals surface area contributed by atoms with Crippen LogP contribution in [0.25, 0.3) is 0 Å². The predicted molar refractivity (Wildman–Crippen MR) is 73.6 cm³/mol. The molecule has 0 N–H and O–H groups in total. The summed E-state index contributed by atoms with van der Waals surface area (Å²) in [6.07, 6.45) is 0. The molecule has 2 nitrogen and oxygen atoms in total. The molecule has 2 rings (SSSR count). The van der Waals surface area contributed by atoms with Crippen molar-refractivity contribution >= 4 is 11.6 Å². The van der Waals surface area contributed by atoms with E-state index in [0.29, 0.717) is 23.7 Å². The highest BCUT2D eigenvalue weighted by atomic mass is 35.5. The molecule has 0 aliphatic rings. The highest BCUT2D eigenvalue weighted by Crippen LogP contribution is 2.31. The van der Waals surface area contributed by atoms with Crippen LogP contribution in [0.4, 0.5) is 4.39 Å². The van der Waals surface area contributed by atoms with Gasteiger partial charge in [0.05, 0.1) is 12.5 Å². The van der Waals surface area contributed by atoms with Gasteiger partial charge in [0.2, 0.25) is 0 Å². The average molecular weight is 281 g/mol. The van der Waals surface area contributed by atoms with Crippen LogP contribution >= 0.6 is 11.6 Å². The van der Waals surface area contributed by atoms with E-state index < -0.39 is 5.82 Å². The predicted octanol–water partition coefficient (Wildman–Crippen LogP) is 4.76. The Bertz CT molecular complexity index is 558. The van der Waals surface area contributed by atoms with Crippen molar-refractivity contribution in [1.82, 2.24) is 0 Å². The molecule has 0 heterocycles. The summed E-state index contributed by atoms with van der Waals surface area (Å²) >= 11 is 5.78. The van der Waals surface area contributed by atoms with E-state index >= 15 is 0 Å². The molecule has 0 unspecified atom stereocenters. The molecule has 0 spiro atoms. The molecule has 0 fully saturated rings. The number of hydrogen-bond acceptors (Lipinski definition) is 2. The first-order chi connectivity index (χ1) is 9.24. The molecule has 0 bridgehead atoms. The van der Waals surface area contributed by atoms with E-state index in [1.54, 1.807) is 30.3 Å². The van der Waals surface area contributed by atoms with Gasteiger partial charge in [-0.25, -0.2) is 4.39 Å². The topological polar surface area (TPSA) is 18.5 Å². The van der Waals surface area contributed by atoms with Crippen LogP contribution < -0.4 is 9.47 Å². The first kappa shape index (κ1) is 13.7. The number of para-hydroxylation sites is 1. The van der Waals surface area contributed by atoms with E-state index in [4.69, 9.17) is 21.1 Å². The highest BCUT2D eigenvalue weighted by Gasteiger charge is 2.10. The van der Waals surface area contributed by atoms with Gasteiger partial charge >= 0.3 is 0 Å². The summed E-state index contributed by atoms with van der Waals surface area (Å²) in [5.41, 5.74) is 0.614. The van der Waals surface area contributed by atoms with Crippen molar-refractivity contribution in [3.05, 3.63) is 53.8 Å². The van der Waals surface area contributed by atoms with Gasteiger partial charge in [-0.1, -0.05) is 18.2 Å². The lowest BCUT2D eigenvalue weighted by Crippen LogP contribution is -1.95. The second-order valence-corrected chi connectivity index (χ2v) is 4.14. The quantitative estimate of drug-likeness (QED) is 0.736. The van der Waals surface area contributed by atoms with Crippen molar-refractivity contribution < 1.29 is 13.9 Å². The summed E-state index contributed by atoms with van der Waals surface area (Å²) < 4.78 is 24.7. The van der Waals surface area contributed by atoms with Crippen molar-refractivity contribution in [2.75, 3.05) is 6.61 Å². The first-order valence-electron chi connectivity index (χ1n) is 5.98. The van der Waals surface area contributed by atoms with Crippen LogP contribution in [0.1, 0.15) is 12.5 Å². The van der Waals surface area contributed by atoms with E-state index in [1.807, 2.05) is 13.0 Å². The minimum Gasteiger partial charge on any atom is -0.494 e. The number of halogens is 2. The fourth-order valence-corrected chi connectivity index (χ4v) is 1.90. The molecule has 0 amide bonds. The minimum absolute atomic E-state index is 0.158. The van der Waals surface area contributed by atoms with Gasteiger partial charge in [0.25, 0.3) is 0 Å². The SMILES string of the molecule is CCOc1cccc(Oc2c(F)cccc2CCl)c1. The van der Waals surface area contributed by atoms with Crippen LogP contribution in [0.15, 0.2) is 42.5 Å². The van der Waals surface area contributed by atoms with E-state index in [-0.39, 0.29) is 11.6 Å². The third-order valence-corrected chi connectivity index (χ3v) is 2.82. The second-order valence-electron chi connectivity index (χ2n) is 3.87. The second kappa shape index (κ2) is 6.43. The maximum absolute atomic E-state index is 13.8. The first-order valence-corrected chi connectivity index (χ1v) is 6.52. The molecule has 0 saturated carbocycles. The Morgan fingerprint density at radius 3 is 2.58 bits per heavy atom. The number of benzene rings is 2. The Labute approximate surface area is 116 Å². The molecule has 100 valence electrons. The van der Waals surface area contributed by atoms with Crippen molar-refractivity contribution in [3.63, 3.8) is 0 Å². The molecule has 2 aromatic carbocycles. The number of hydrogen-bond donors (Lipinski definition) is 0. The van der Waals surface area contributed by atoms with E-state index in [2.05, 4.69) is 0 Å². The normalized spacial score (nSPS) is 10.3. The maximum Gasteiger partial charge on any atom is 0.167 e. The maximum atomic E-state index is 13.8. The van der Waals surface area contributed by atoms with Crippen LogP contribution in [-0.4, -0.2) is 6.61 Å². The van der Waals surface area contributed by atoms with Gasteiger partial charge in [-0.05, 0) is 25.1 Å². The molecule has 0 aliphatic carbocycles. The van der Waals surface area contributed by atoms with Crippen molar-refractivity contribution in [3.8, 4) is 17.2 Å². The molecule has 0 aromatic heterocycles. The summed E-state index contributed by atoms with van der Waals surface area (Å²) in [5, 5.41) is 0. The number of alkyl halides is 1. The van der Waals surface area contributed by atoms with Crippen LogP contribution in [0, 0.1) is 5.82 Å². The van der Waals surface area contributed by atoms with Crippen molar-refractivity contribution in [2.24, 2.45) is 0 Å². The van der Waals surface area contributed by atoms with Gasteiger partial charge in [0, 0.05) is 11.6 Å². The fraction of sp³-hybridized carbons (Fsp3) is 0.200. The Hall–Kier alpha value is -1.74. The fourth-order valence-electron chi connectivity index (χ4n) is 1.69. The van der Waals surface area contributed by atoms with Gasteiger partial charge < -0.3 is 9.47 Å². The van der Waals surface area contributed by atoms with Crippen LogP contribution in [-0.2, 0) is 5.88 Å². The van der Waals surface area contributed by atoms with Crippen LogP contribution in [0.5, 0.6) is 17.2 Å². The summed E-state index contributed by atoms with van der Waals surface area (Å²) in [7, 11) is 0. The molecular weight excluding hydrogens is 267 g/mol.